The summed E-state index contributed by atoms with van der Waals surface area (Å²) in [6.07, 6.45) is 0. The van der Waals surface area contributed by atoms with E-state index in [2.05, 4.69) is 26.5 Å². The van der Waals surface area contributed by atoms with Gasteiger partial charge in [-0.25, -0.2) is 0 Å². The largest absolute Gasteiger partial charge is 0.254 e. The number of thiol groups is 1. The van der Waals surface area contributed by atoms with E-state index in [1.54, 1.807) is 0 Å². The number of rotatable bonds is 4. The molecule has 0 heterocycles. The fourth-order valence-electron chi connectivity index (χ4n) is 1.13. The fourth-order valence-corrected chi connectivity index (χ4v) is 2.87. The summed E-state index contributed by atoms with van der Waals surface area (Å²) in [6.45, 7) is 6.23. The summed E-state index contributed by atoms with van der Waals surface area (Å²) in [4.78, 5) is 0.903. The molecule has 0 aliphatic heterocycles. The van der Waals surface area contributed by atoms with Crippen molar-refractivity contribution in [3.63, 3.8) is 0 Å². The summed E-state index contributed by atoms with van der Waals surface area (Å²) in [5.41, 5.74) is 1.20. The van der Waals surface area contributed by atoms with E-state index in [-0.39, 0.29) is 5.25 Å². The lowest BCUT2D eigenvalue weighted by Crippen LogP contribution is -2.17. The van der Waals surface area contributed by atoms with Crippen LogP contribution < -0.4 is 0 Å². The lowest BCUT2D eigenvalue weighted by molar-refractivity contribution is 0.635. The Morgan fingerprint density at radius 1 is 1.27 bits per heavy atom. The van der Waals surface area contributed by atoms with Crippen LogP contribution in [0.5, 0.6) is 0 Å². The molecule has 1 rings (SSSR count). The van der Waals surface area contributed by atoms with Crippen LogP contribution in [0.1, 0.15) is 19.4 Å². The normalized spacial score (nSPS) is 15.3. The zero-order valence-corrected chi connectivity index (χ0v) is 11.1. The number of hydrogen-bond acceptors (Lipinski definition) is 2. The molecule has 84 valence electrons. The number of hydrogen-bond donors (Lipinski definition) is 1. The molecule has 0 radical (unpaired) electrons. The monoisotopic (exact) mass is 242 g/mol. The van der Waals surface area contributed by atoms with E-state index >= 15 is 0 Å². The van der Waals surface area contributed by atoms with E-state index in [0.717, 1.165) is 4.90 Å². The summed E-state index contributed by atoms with van der Waals surface area (Å²) in [5.74, 6) is 1.09. The standard InChI is InChI=1S/C12H18OS2/c1-9(2)12(14)8-15(13)11-6-4-10(3)5-7-11/h4-7,9,12,14H,8H2,1-3H3/t12-,15?/m1/s1. The van der Waals surface area contributed by atoms with Gasteiger partial charge in [-0.3, -0.25) is 4.21 Å². The van der Waals surface area contributed by atoms with Gasteiger partial charge < -0.3 is 0 Å². The summed E-state index contributed by atoms with van der Waals surface area (Å²) >= 11 is 4.44. The van der Waals surface area contributed by atoms with Crippen molar-refractivity contribution in [1.82, 2.24) is 0 Å². The zero-order valence-electron chi connectivity index (χ0n) is 9.43. The average Bonchev–Trinajstić information content (AvgIpc) is 2.18. The highest BCUT2D eigenvalue weighted by Crippen LogP contribution is 2.15. The third kappa shape index (κ3) is 3.99. The molecule has 0 amide bonds. The van der Waals surface area contributed by atoms with E-state index in [1.165, 1.54) is 5.56 Å². The van der Waals surface area contributed by atoms with Crippen LogP contribution in [0.15, 0.2) is 29.2 Å². The van der Waals surface area contributed by atoms with Gasteiger partial charge in [-0.05, 0) is 25.0 Å². The van der Waals surface area contributed by atoms with Crippen molar-refractivity contribution in [1.29, 1.82) is 0 Å². The Hall–Kier alpha value is -0.280. The van der Waals surface area contributed by atoms with E-state index in [1.807, 2.05) is 31.2 Å². The van der Waals surface area contributed by atoms with Gasteiger partial charge in [0.25, 0.3) is 0 Å². The molecule has 0 fully saturated rings. The van der Waals surface area contributed by atoms with E-state index in [4.69, 9.17) is 0 Å². The first kappa shape index (κ1) is 12.8. The Morgan fingerprint density at radius 2 is 1.80 bits per heavy atom. The predicted molar refractivity (Wildman–Crippen MR) is 70.1 cm³/mol. The predicted octanol–water partition coefficient (Wildman–Crippen LogP) is 3.06. The molecular weight excluding hydrogens is 224 g/mol. The maximum Gasteiger partial charge on any atom is 0.0540 e. The molecule has 0 aromatic heterocycles. The first-order valence-electron chi connectivity index (χ1n) is 5.14. The second-order valence-electron chi connectivity index (χ2n) is 4.14. The van der Waals surface area contributed by atoms with Crippen LogP contribution in [-0.4, -0.2) is 15.2 Å². The van der Waals surface area contributed by atoms with Crippen LogP contribution in [0.3, 0.4) is 0 Å². The minimum absolute atomic E-state index is 0.201. The first-order chi connectivity index (χ1) is 7.00. The molecule has 0 aliphatic carbocycles. The van der Waals surface area contributed by atoms with Crippen molar-refractivity contribution in [3.05, 3.63) is 29.8 Å². The maximum atomic E-state index is 11.9. The van der Waals surface area contributed by atoms with Crippen molar-refractivity contribution in [2.45, 2.75) is 30.9 Å². The summed E-state index contributed by atoms with van der Waals surface area (Å²) in [6, 6.07) is 7.87. The average molecular weight is 242 g/mol. The van der Waals surface area contributed by atoms with Gasteiger partial charge in [-0.1, -0.05) is 31.5 Å². The Morgan fingerprint density at radius 3 is 2.27 bits per heavy atom. The maximum absolute atomic E-state index is 11.9. The smallest absolute Gasteiger partial charge is 0.0540 e. The van der Waals surface area contributed by atoms with Gasteiger partial charge in [0.15, 0.2) is 0 Å². The van der Waals surface area contributed by atoms with Gasteiger partial charge in [0.2, 0.25) is 0 Å². The van der Waals surface area contributed by atoms with Crippen molar-refractivity contribution < 1.29 is 4.21 Å². The molecule has 0 saturated heterocycles. The van der Waals surface area contributed by atoms with Crippen molar-refractivity contribution >= 4 is 23.4 Å². The Kier molecular flexibility index (Phi) is 4.87. The molecule has 0 bridgehead atoms. The molecule has 3 heteroatoms. The van der Waals surface area contributed by atoms with E-state index < -0.39 is 10.8 Å². The summed E-state index contributed by atoms with van der Waals surface area (Å²) in [7, 11) is -0.919. The highest BCUT2D eigenvalue weighted by molar-refractivity contribution is 7.87. The van der Waals surface area contributed by atoms with Crippen molar-refractivity contribution in [2.24, 2.45) is 5.92 Å². The highest BCUT2D eigenvalue weighted by Gasteiger charge is 2.13. The Labute approximate surface area is 100 Å². The molecule has 0 N–H and O–H groups in total. The molecule has 0 saturated carbocycles. The van der Waals surface area contributed by atoms with Crippen LogP contribution in [0, 0.1) is 12.8 Å². The van der Waals surface area contributed by atoms with Crippen LogP contribution >= 0.6 is 12.6 Å². The van der Waals surface area contributed by atoms with Crippen molar-refractivity contribution in [2.75, 3.05) is 5.75 Å². The molecule has 0 aliphatic rings. The molecular formula is C12H18OS2. The van der Waals surface area contributed by atoms with Gasteiger partial charge in [-0.2, -0.15) is 12.6 Å². The summed E-state index contributed by atoms with van der Waals surface area (Å²) in [5, 5.41) is 0.201. The van der Waals surface area contributed by atoms with Crippen LogP contribution in [0.4, 0.5) is 0 Å². The molecule has 2 atom stereocenters. The second-order valence-corrected chi connectivity index (χ2v) is 6.30. The van der Waals surface area contributed by atoms with Gasteiger partial charge in [0, 0.05) is 15.9 Å². The number of aryl methyl sites for hydroxylation is 1. The lowest BCUT2D eigenvalue weighted by Gasteiger charge is -2.13. The topological polar surface area (TPSA) is 17.1 Å². The summed E-state index contributed by atoms with van der Waals surface area (Å²) < 4.78 is 11.9. The highest BCUT2D eigenvalue weighted by atomic mass is 32.2. The minimum Gasteiger partial charge on any atom is -0.254 e. The first-order valence-corrected chi connectivity index (χ1v) is 6.97. The third-order valence-electron chi connectivity index (χ3n) is 2.38. The third-order valence-corrected chi connectivity index (χ3v) is 4.86. The molecule has 1 aromatic carbocycles. The van der Waals surface area contributed by atoms with Gasteiger partial charge in [0.05, 0.1) is 10.8 Å². The minimum atomic E-state index is -0.919. The van der Waals surface area contributed by atoms with E-state index in [9.17, 15) is 4.21 Å². The van der Waals surface area contributed by atoms with Crippen LogP contribution in [0.25, 0.3) is 0 Å². The molecule has 1 nitrogen and oxygen atoms in total. The van der Waals surface area contributed by atoms with E-state index in [0.29, 0.717) is 11.7 Å². The number of benzene rings is 1. The fraction of sp³-hybridized carbons (Fsp3) is 0.500. The quantitative estimate of drug-likeness (QED) is 0.803. The second kappa shape index (κ2) is 5.71. The Balaban J connectivity index is 2.65. The molecule has 1 aromatic rings. The molecule has 1 unspecified atom stereocenters. The SMILES string of the molecule is Cc1ccc(S(=O)C[C@@H](S)C(C)C)cc1. The van der Waals surface area contributed by atoms with Crippen LogP contribution in [0.2, 0.25) is 0 Å². The van der Waals surface area contributed by atoms with Gasteiger partial charge in [-0.15, -0.1) is 0 Å². The van der Waals surface area contributed by atoms with Gasteiger partial charge in [0.1, 0.15) is 0 Å². The van der Waals surface area contributed by atoms with Crippen LogP contribution in [-0.2, 0) is 10.8 Å². The lowest BCUT2D eigenvalue weighted by atomic mass is 10.1. The molecule has 15 heavy (non-hydrogen) atoms. The van der Waals surface area contributed by atoms with Gasteiger partial charge >= 0.3 is 0 Å². The molecule has 0 spiro atoms. The Bertz CT molecular complexity index is 330. The van der Waals surface area contributed by atoms with Crippen molar-refractivity contribution in [3.8, 4) is 0 Å². The zero-order chi connectivity index (χ0) is 11.4.